The number of aliphatic hydroxyl groups is 1. The molecule has 0 bridgehead atoms. The van der Waals surface area contributed by atoms with Crippen LogP contribution in [0.25, 0.3) is 0 Å². The van der Waals surface area contributed by atoms with Crippen molar-refractivity contribution in [1.29, 1.82) is 0 Å². The van der Waals surface area contributed by atoms with E-state index in [1.54, 1.807) is 10.9 Å². The third-order valence-electron chi connectivity index (χ3n) is 1.74. The summed E-state index contributed by atoms with van der Waals surface area (Å²) in [4.78, 5) is 0. The lowest BCUT2D eigenvalue weighted by Gasteiger charge is -2.00. The molecule has 4 nitrogen and oxygen atoms in total. The number of hydrogen-bond acceptors (Lipinski definition) is 3. The first-order chi connectivity index (χ1) is 5.29. The molecule has 0 amide bonds. The zero-order valence-electron chi connectivity index (χ0n) is 6.62. The second-order valence-corrected chi connectivity index (χ2v) is 2.41. The lowest BCUT2D eigenvalue weighted by molar-refractivity contribution is 0.268. The molecule has 3 N–H and O–H groups in total. The van der Waals surface area contributed by atoms with Crippen molar-refractivity contribution >= 4 is 0 Å². The van der Waals surface area contributed by atoms with E-state index >= 15 is 0 Å². The second-order valence-electron chi connectivity index (χ2n) is 2.41. The summed E-state index contributed by atoms with van der Waals surface area (Å²) in [5.74, 6) is 0. The smallest absolute Gasteiger partial charge is 0.0643 e. The van der Waals surface area contributed by atoms with Crippen molar-refractivity contribution in [3.63, 3.8) is 0 Å². The number of nitrogens with two attached hydrogens (primary N) is 1. The predicted molar refractivity (Wildman–Crippen MR) is 41.9 cm³/mol. The molecule has 11 heavy (non-hydrogen) atoms. The third-order valence-corrected chi connectivity index (χ3v) is 1.74. The Morgan fingerprint density at radius 2 is 2.45 bits per heavy atom. The first-order valence-corrected chi connectivity index (χ1v) is 3.61. The van der Waals surface area contributed by atoms with Crippen LogP contribution in [0.1, 0.15) is 11.3 Å². The molecule has 4 heteroatoms. The molecule has 1 rings (SSSR count). The van der Waals surface area contributed by atoms with Gasteiger partial charge in [-0.3, -0.25) is 4.68 Å². The topological polar surface area (TPSA) is 64.1 Å². The molecule has 0 aliphatic carbocycles. The molecule has 0 radical (unpaired) electrons. The Balaban J connectivity index is 2.82. The number of aliphatic hydroxyl groups excluding tert-OH is 1. The number of nitrogens with zero attached hydrogens (tertiary/aromatic N) is 2. The summed E-state index contributed by atoms with van der Waals surface area (Å²) in [5.41, 5.74) is 7.53. The fourth-order valence-electron chi connectivity index (χ4n) is 1.01. The Labute approximate surface area is 65.6 Å². The molecule has 0 atom stereocenters. The Kier molecular flexibility index (Phi) is 2.62. The summed E-state index contributed by atoms with van der Waals surface area (Å²) in [6, 6.07) is 0. The Bertz CT molecular complexity index is 232. The zero-order chi connectivity index (χ0) is 8.27. The van der Waals surface area contributed by atoms with Crippen molar-refractivity contribution in [3.8, 4) is 0 Å². The van der Waals surface area contributed by atoms with Gasteiger partial charge in [0, 0.05) is 17.8 Å². The van der Waals surface area contributed by atoms with Crippen LogP contribution >= 0.6 is 0 Å². The first-order valence-electron chi connectivity index (χ1n) is 3.61. The van der Waals surface area contributed by atoms with E-state index in [0.29, 0.717) is 13.1 Å². The van der Waals surface area contributed by atoms with Gasteiger partial charge in [-0.05, 0) is 6.92 Å². The Morgan fingerprint density at radius 1 is 1.73 bits per heavy atom. The minimum Gasteiger partial charge on any atom is -0.394 e. The number of rotatable bonds is 3. The van der Waals surface area contributed by atoms with Crippen molar-refractivity contribution in [1.82, 2.24) is 9.78 Å². The van der Waals surface area contributed by atoms with E-state index in [0.717, 1.165) is 11.3 Å². The van der Waals surface area contributed by atoms with Crippen LogP contribution in [-0.4, -0.2) is 21.5 Å². The van der Waals surface area contributed by atoms with Gasteiger partial charge in [0.1, 0.15) is 0 Å². The van der Waals surface area contributed by atoms with Crippen molar-refractivity contribution < 1.29 is 5.11 Å². The van der Waals surface area contributed by atoms with E-state index in [4.69, 9.17) is 10.8 Å². The van der Waals surface area contributed by atoms with Crippen LogP contribution in [0, 0.1) is 6.92 Å². The molecule has 0 aliphatic rings. The van der Waals surface area contributed by atoms with E-state index in [1.165, 1.54) is 0 Å². The lowest BCUT2D eigenvalue weighted by Crippen LogP contribution is -2.06. The molecule has 1 aromatic heterocycles. The summed E-state index contributed by atoms with van der Waals surface area (Å²) in [7, 11) is 0. The van der Waals surface area contributed by atoms with E-state index in [1.807, 2.05) is 6.92 Å². The highest BCUT2D eigenvalue weighted by Gasteiger charge is 2.02. The first kappa shape index (κ1) is 8.23. The second kappa shape index (κ2) is 3.50. The minimum atomic E-state index is 0.118. The zero-order valence-corrected chi connectivity index (χ0v) is 6.62. The maximum atomic E-state index is 8.63. The van der Waals surface area contributed by atoms with Crippen LogP contribution < -0.4 is 5.73 Å². The van der Waals surface area contributed by atoms with Crippen molar-refractivity contribution in [2.24, 2.45) is 5.73 Å². The van der Waals surface area contributed by atoms with Crippen LogP contribution in [0.5, 0.6) is 0 Å². The van der Waals surface area contributed by atoms with E-state index in [2.05, 4.69) is 5.10 Å². The average Bonchev–Trinajstić information content (AvgIpc) is 2.34. The highest BCUT2D eigenvalue weighted by molar-refractivity contribution is 5.15. The molecule has 0 aromatic carbocycles. The average molecular weight is 155 g/mol. The fraction of sp³-hybridized carbons (Fsp3) is 0.571. The number of aromatic nitrogens is 2. The van der Waals surface area contributed by atoms with Crippen molar-refractivity contribution in [2.75, 3.05) is 6.61 Å². The van der Waals surface area contributed by atoms with Crippen LogP contribution in [0.3, 0.4) is 0 Å². The molecule has 0 saturated carbocycles. The fourth-order valence-corrected chi connectivity index (χ4v) is 1.01. The minimum absolute atomic E-state index is 0.118. The van der Waals surface area contributed by atoms with Gasteiger partial charge in [-0.2, -0.15) is 5.10 Å². The van der Waals surface area contributed by atoms with Crippen LogP contribution in [0.2, 0.25) is 0 Å². The van der Waals surface area contributed by atoms with Gasteiger partial charge >= 0.3 is 0 Å². The molecule has 1 heterocycles. The van der Waals surface area contributed by atoms with Gasteiger partial charge in [0.25, 0.3) is 0 Å². The standard InChI is InChI=1S/C7H13N3O/c1-6-7(4-8)5-9-10(6)2-3-11/h5,11H,2-4,8H2,1H3. The molecule has 0 spiro atoms. The maximum Gasteiger partial charge on any atom is 0.0643 e. The van der Waals surface area contributed by atoms with Gasteiger partial charge in [0.2, 0.25) is 0 Å². The summed E-state index contributed by atoms with van der Waals surface area (Å²) >= 11 is 0. The lowest BCUT2D eigenvalue weighted by atomic mass is 10.3. The summed E-state index contributed by atoms with van der Waals surface area (Å²) in [5, 5.41) is 12.7. The van der Waals surface area contributed by atoms with Gasteiger partial charge in [-0.15, -0.1) is 0 Å². The van der Waals surface area contributed by atoms with Gasteiger partial charge in [0.15, 0.2) is 0 Å². The highest BCUT2D eigenvalue weighted by atomic mass is 16.3. The number of hydrogen-bond donors (Lipinski definition) is 2. The van der Waals surface area contributed by atoms with Crippen molar-refractivity contribution in [2.45, 2.75) is 20.0 Å². The largest absolute Gasteiger partial charge is 0.394 e. The maximum absolute atomic E-state index is 8.63. The van der Waals surface area contributed by atoms with Crippen molar-refractivity contribution in [3.05, 3.63) is 17.5 Å². The molecule has 0 aliphatic heterocycles. The third kappa shape index (κ3) is 1.58. The summed E-state index contributed by atoms with van der Waals surface area (Å²) < 4.78 is 1.75. The summed E-state index contributed by atoms with van der Waals surface area (Å²) in [6.45, 7) is 3.13. The highest BCUT2D eigenvalue weighted by Crippen LogP contribution is 2.04. The normalized spacial score (nSPS) is 10.5. The van der Waals surface area contributed by atoms with E-state index < -0.39 is 0 Å². The quantitative estimate of drug-likeness (QED) is 0.626. The Hall–Kier alpha value is -0.870. The summed E-state index contributed by atoms with van der Waals surface area (Å²) in [6.07, 6.45) is 1.74. The van der Waals surface area contributed by atoms with Gasteiger partial charge in [-0.25, -0.2) is 0 Å². The van der Waals surface area contributed by atoms with E-state index in [-0.39, 0.29) is 6.61 Å². The van der Waals surface area contributed by atoms with Crippen LogP contribution in [0.4, 0.5) is 0 Å². The van der Waals surface area contributed by atoms with Gasteiger partial charge in [-0.1, -0.05) is 0 Å². The monoisotopic (exact) mass is 155 g/mol. The van der Waals surface area contributed by atoms with Crippen LogP contribution in [-0.2, 0) is 13.1 Å². The molecular weight excluding hydrogens is 142 g/mol. The molecule has 0 saturated heterocycles. The van der Waals surface area contributed by atoms with Gasteiger partial charge in [0.05, 0.1) is 19.3 Å². The molecule has 0 fully saturated rings. The Morgan fingerprint density at radius 3 is 2.91 bits per heavy atom. The van der Waals surface area contributed by atoms with E-state index in [9.17, 15) is 0 Å². The van der Waals surface area contributed by atoms with Crippen LogP contribution in [0.15, 0.2) is 6.20 Å². The molecule has 0 unspecified atom stereocenters. The molecule has 62 valence electrons. The molecular formula is C7H13N3O. The molecule has 1 aromatic rings. The van der Waals surface area contributed by atoms with Gasteiger partial charge < -0.3 is 10.8 Å². The SMILES string of the molecule is Cc1c(CN)cnn1CCO. The predicted octanol–water partition coefficient (Wildman–Crippen LogP) is -0.357.